The number of hydrogen-bond acceptors (Lipinski definition) is 7. The number of benzene rings is 1. The Morgan fingerprint density at radius 2 is 2.11 bits per heavy atom. The lowest BCUT2D eigenvalue weighted by molar-refractivity contribution is -0.134. The van der Waals surface area contributed by atoms with Gasteiger partial charge in [-0.25, -0.2) is 14.8 Å². The van der Waals surface area contributed by atoms with E-state index in [0.717, 1.165) is 22.0 Å². The second kappa shape index (κ2) is 8.95. The summed E-state index contributed by atoms with van der Waals surface area (Å²) in [5.41, 5.74) is 2.71. The number of thiazole rings is 1. The van der Waals surface area contributed by atoms with Crippen LogP contribution in [-0.2, 0) is 16.1 Å². The van der Waals surface area contributed by atoms with Crippen molar-refractivity contribution < 1.29 is 14.3 Å². The quantitative estimate of drug-likeness (QED) is 0.484. The zero-order valence-corrected chi connectivity index (χ0v) is 15.8. The van der Waals surface area contributed by atoms with Crippen molar-refractivity contribution in [3.8, 4) is 5.75 Å². The molecule has 0 aliphatic heterocycles. The van der Waals surface area contributed by atoms with Crippen molar-refractivity contribution in [3.63, 3.8) is 0 Å². The highest BCUT2D eigenvalue weighted by atomic mass is 32.1. The number of methoxy groups -OCH3 is 1. The van der Waals surface area contributed by atoms with Crippen molar-refractivity contribution in [3.05, 3.63) is 70.9 Å². The largest absolute Gasteiger partial charge is 0.485 e. The van der Waals surface area contributed by atoms with Crippen LogP contribution in [0.4, 0.5) is 10.9 Å². The Balaban J connectivity index is 1.83. The molecule has 1 aromatic carbocycles. The van der Waals surface area contributed by atoms with Crippen molar-refractivity contribution >= 4 is 34.3 Å². The van der Waals surface area contributed by atoms with Crippen LogP contribution >= 0.6 is 11.3 Å². The Morgan fingerprint density at radius 1 is 1.30 bits per heavy atom. The van der Waals surface area contributed by atoms with Gasteiger partial charge in [-0.05, 0) is 30.2 Å². The third-order valence-corrected chi connectivity index (χ3v) is 4.44. The maximum absolute atomic E-state index is 11.3. The Hall–Kier alpha value is -3.19. The van der Waals surface area contributed by atoms with E-state index < -0.39 is 5.97 Å². The van der Waals surface area contributed by atoms with Crippen LogP contribution in [0.2, 0.25) is 0 Å². The van der Waals surface area contributed by atoms with E-state index in [1.807, 2.05) is 48.7 Å². The van der Waals surface area contributed by atoms with E-state index in [0.29, 0.717) is 18.2 Å². The first kappa shape index (κ1) is 18.6. The van der Waals surface area contributed by atoms with Gasteiger partial charge in [-0.2, -0.15) is 0 Å². The summed E-state index contributed by atoms with van der Waals surface area (Å²) in [6, 6.07) is 11.7. The summed E-state index contributed by atoms with van der Waals surface area (Å²) < 4.78 is 10.6. The molecule has 27 heavy (non-hydrogen) atoms. The van der Waals surface area contributed by atoms with E-state index in [1.165, 1.54) is 24.5 Å². The van der Waals surface area contributed by atoms with Crippen LogP contribution in [0.3, 0.4) is 0 Å². The van der Waals surface area contributed by atoms with E-state index in [2.05, 4.69) is 20.0 Å². The van der Waals surface area contributed by atoms with Gasteiger partial charge in [-0.1, -0.05) is 30.3 Å². The molecular weight excluding hydrogens is 362 g/mol. The van der Waals surface area contributed by atoms with Gasteiger partial charge < -0.3 is 14.8 Å². The molecule has 3 aromatic rings. The predicted octanol–water partition coefficient (Wildman–Crippen LogP) is 4.36. The van der Waals surface area contributed by atoms with Gasteiger partial charge in [0.1, 0.15) is 6.61 Å². The molecule has 138 valence electrons. The van der Waals surface area contributed by atoms with E-state index in [4.69, 9.17) is 4.74 Å². The number of nitrogens with zero attached hydrogens (tertiary/aromatic N) is 2. The molecule has 0 unspecified atom stereocenters. The molecule has 0 saturated heterocycles. The number of anilines is 2. The molecule has 0 aliphatic carbocycles. The van der Waals surface area contributed by atoms with Crippen molar-refractivity contribution in [2.45, 2.75) is 13.5 Å². The van der Waals surface area contributed by atoms with Gasteiger partial charge in [0.2, 0.25) is 0 Å². The molecule has 0 saturated carbocycles. The number of rotatable bonds is 7. The lowest BCUT2D eigenvalue weighted by atomic mass is 10.2. The molecule has 1 N–H and O–H groups in total. The van der Waals surface area contributed by atoms with Crippen LogP contribution in [-0.4, -0.2) is 23.0 Å². The number of aromatic nitrogens is 2. The summed E-state index contributed by atoms with van der Waals surface area (Å²) in [7, 11) is 1.34. The molecule has 2 aromatic heterocycles. The van der Waals surface area contributed by atoms with Crippen LogP contribution < -0.4 is 10.1 Å². The van der Waals surface area contributed by atoms with Gasteiger partial charge in [-0.3, -0.25) is 0 Å². The molecule has 7 heteroatoms. The zero-order valence-electron chi connectivity index (χ0n) is 15.0. The highest BCUT2D eigenvalue weighted by Gasteiger charge is 2.10. The monoisotopic (exact) mass is 381 g/mol. The number of esters is 1. The molecule has 0 amide bonds. The highest BCUT2D eigenvalue weighted by molar-refractivity contribution is 7.13. The van der Waals surface area contributed by atoms with Crippen molar-refractivity contribution in [2.75, 3.05) is 12.4 Å². The molecule has 0 radical (unpaired) electrons. The topological polar surface area (TPSA) is 73.3 Å². The van der Waals surface area contributed by atoms with Crippen molar-refractivity contribution in [1.82, 2.24) is 9.97 Å². The Bertz CT molecular complexity index is 939. The number of pyridine rings is 1. The molecule has 0 atom stereocenters. The van der Waals surface area contributed by atoms with Gasteiger partial charge in [0.25, 0.3) is 0 Å². The van der Waals surface area contributed by atoms with E-state index >= 15 is 0 Å². The highest BCUT2D eigenvalue weighted by Crippen LogP contribution is 2.29. The molecular formula is C20H19N3O3S. The molecule has 3 rings (SSSR count). The summed E-state index contributed by atoms with van der Waals surface area (Å²) in [4.78, 5) is 20.1. The third kappa shape index (κ3) is 5.39. The van der Waals surface area contributed by atoms with E-state index in [1.54, 1.807) is 12.3 Å². The molecule has 6 nitrogen and oxygen atoms in total. The minimum absolute atomic E-state index is 0.401. The average Bonchev–Trinajstić information content (AvgIpc) is 3.11. The Morgan fingerprint density at radius 3 is 2.81 bits per heavy atom. The van der Waals surface area contributed by atoms with E-state index in [9.17, 15) is 4.79 Å². The molecule has 0 bridgehead atoms. The van der Waals surface area contributed by atoms with Gasteiger partial charge in [-0.15, -0.1) is 11.3 Å². The van der Waals surface area contributed by atoms with E-state index in [-0.39, 0.29) is 0 Å². The summed E-state index contributed by atoms with van der Waals surface area (Å²) in [6.07, 6.45) is 4.62. The third-order valence-electron chi connectivity index (χ3n) is 3.57. The minimum atomic E-state index is -0.429. The average molecular weight is 381 g/mol. The lowest BCUT2D eigenvalue weighted by Gasteiger charge is -2.12. The summed E-state index contributed by atoms with van der Waals surface area (Å²) >= 11 is 1.50. The van der Waals surface area contributed by atoms with Gasteiger partial charge in [0.15, 0.2) is 16.7 Å². The van der Waals surface area contributed by atoms with Gasteiger partial charge >= 0.3 is 5.97 Å². The summed E-state index contributed by atoms with van der Waals surface area (Å²) in [6.45, 7) is 2.33. The molecule has 0 spiro atoms. The normalized spacial score (nSPS) is 10.7. The first-order valence-corrected chi connectivity index (χ1v) is 9.14. The van der Waals surface area contributed by atoms with Crippen molar-refractivity contribution in [1.29, 1.82) is 0 Å². The fraction of sp³-hybridized carbons (Fsp3) is 0.150. The number of hydrogen-bond donors (Lipinski definition) is 1. The Labute approximate surface area is 161 Å². The number of carbonyl (C=O) groups is 1. The summed E-state index contributed by atoms with van der Waals surface area (Å²) in [5.74, 6) is 0.705. The number of ether oxygens (including phenoxy) is 2. The van der Waals surface area contributed by atoms with Crippen molar-refractivity contribution in [2.24, 2.45) is 0 Å². The number of aryl methyl sites for hydroxylation is 1. The second-order valence-corrected chi connectivity index (χ2v) is 6.52. The zero-order chi connectivity index (χ0) is 19.1. The first-order valence-electron chi connectivity index (χ1n) is 8.26. The second-order valence-electron chi connectivity index (χ2n) is 5.67. The van der Waals surface area contributed by atoms with Crippen LogP contribution in [0.5, 0.6) is 5.75 Å². The fourth-order valence-corrected chi connectivity index (χ4v) is 2.92. The predicted molar refractivity (Wildman–Crippen MR) is 106 cm³/mol. The molecule has 0 fully saturated rings. The number of nitrogens with one attached hydrogen (secondary N) is 1. The first-order chi connectivity index (χ1) is 13.1. The van der Waals surface area contributed by atoms with Crippen LogP contribution in [0.25, 0.3) is 6.08 Å². The molecule has 2 heterocycles. The molecule has 0 aliphatic rings. The Kier molecular flexibility index (Phi) is 6.17. The maximum Gasteiger partial charge on any atom is 0.330 e. The fourth-order valence-electron chi connectivity index (χ4n) is 2.24. The SMILES string of the molecule is COC(=O)C=Cc1cnc(Nc2nc(C)cs2)c(OCc2ccccc2)c1. The summed E-state index contributed by atoms with van der Waals surface area (Å²) in [5, 5.41) is 5.89. The maximum atomic E-state index is 11.3. The standard InChI is InChI=1S/C20H19N3O3S/c1-14-13-27-20(22-14)23-19-17(26-12-15-6-4-3-5-7-15)10-16(11-21-19)8-9-18(24)25-2/h3-11,13H,12H2,1-2H3,(H,21,22,23). The van der Waals surface area contributed by atoms with Crippen LogP contribution in [0, 0.1) is 6.92 Å². The smallest absolute Gasteiger partial charge is 0.330 e. The number of carbonyl (C=O) groups excluding carboxylic acids is 1. The van der Waals surface area contributed by atoms with Gasteiger partial charge in [0.05, 0.1) is 12.8 Å². The lowest BCUT2D eigenvalue weighted by Crippen LogP contribution is -2.02. The van der Waals surface area contributed by atoms with Gasteiger partial charge in [0, 0.05) is 17.7 Å². The van der Waals surface area contributed by atoms with Crippen LogP contribution in [0.1, 0.15) is 16.8 Å². The van der Waals surface area contributed by atoms with Crippen LogP contribution in [0.15, 0.2) is 54.1 Å². The minimum Gasteiger partial charge on any atom is -0.485 e.